The quantitative estimate of drug-likeness (QED) is 0.758. The first-order valence-electron chi connectivity index (χ1n) is 5.40. The van der Waals surface area contributed by atoms with E-state index in [-0.39, 0.29) is 11.6 Å². The van der Waals surface area contributed by atoms with E-state index in [1.807, 2.05) is 25.1 Å². The highest BCUT2D eigenvalue weighted by molar-refractivity contribution is 9.10. The maximum Gasteiger partial charge on any atom is 0.148 e. The highest BCUT2D eigenvalue weighted by Crippen LogP contribution is 2.27. The molecule has 0 unspecified atom stereocenters. The Bertz CT molecular complexity index is 572. The monoisotopic (exact) mass is 328 g/mol. The lowest BCUT2D eigenvalue weighted by Crippen LogP contribution is -1.99. The summed E-state index contributed by atoms with van der Waals surface area (Å²) in [6.45, 7) is 2.14. The molecule has 0 amide bonds. The molecule has 0 atom stereocenters. The minimum absolute atomic E-state index is 0.110. The summed E-state index contributed by atoms with van der Waals surface area (Å²) in [5.41, 5.74) is 1.57. The van der Waals surface area contributed by atoms with Crippen molar-refractivity contribution in [2.24, 2.45) is 0 Å². The fraction of sp³-hybridized carbons (Fsp3) is 0.143. The summed E-state index contributed by atoms with van der Waals surface area (Å²) in [5, 5.41) is 0.110. The van der Waals surface area contributed by atoms with Gasteiger partial charge in [0.1, 0.15) is 18.2 Å². The Hall–Kier alpha value is -1.06. The minimum Gasteiger partial charge on any atom is -0.488 e. The minimum atomic E-state index is -0.428. The van der Waals surface area contributed by atoms with Crippen LogP contribution in [-0.2, 0) is 6.61 Å². The van der Waals surface area contributed by atoms with Crippen molar-refractivity contribution in [3.05, 3.63) is 62.8 Å². The zero-order valence-electron chi connectivity index (χ0n) is 9.71. The van der Waals surface area contributed by atoms with Crippen LogP contribution in [0.15, 0.2) is 40.9 Å². The molecule has 0 aromatic heterocycles. The standard InChI is InChI=1S/C14H11BrClFO/c1-9-5-6-13(11(15)7-9)18-8-10-3-2-4-12(16)14(10)17/h2-7H,8H2,1H3. The highest BCUT2D eigenvalue weighted by Gasteiger charge is 2.08. The molecule has 2 rings (SSSR count). The topological polar surface area (TPSA) is 9.23 Å². The number of halogens is 3. The molecule has 18 heavy (non-hydrogen) atoms. The molecule has 0 saturated carbocycles. The van der Waals surface area contributed by atoms with Gasteiger partial charge in [-0.1, -0.05) is 29.8 Å². The molecular formula is C14H11BrClFO. The Kier molecular flexibility index (Phi) is 4.25. The lowest BCUT2D eigenvalue weighted by molar-refractivity contribution is 0.298. The fourth-order valence-electron chi connectivity index (χ4n) is 1.54. The van der Waals surface area contributed by atoms with Gasteiger partial charge < -0.3 is 4.74 Å². The molecule has 0 spiro atoms. The van der Waals surface area contributed by atoms with Crippen LogP contribution >= 0.6 is 27.5 Å². The Morgan fingerprint density at radius 1 is 1.28 bits per heavy atom. The van der Waals surface area contributed by atoms with E-state index < -0.39 is 5.82 Å². The van der Waals surface area contributed by atoms with Crippen LogP contribution in [0, 0.1) is 12.7 Å². The van der Waals surface area contributed by atoms with E-state index in [9.17, 15) is 4.39 Å². The smallest absolute Gasteiger partial charge is 0.148 e. The Balaban J connectivity index is 2.14. The van der Waals surface area contributed by atoms with Crippen LogP contribution in [-0.4, -0.2) is 0 Å². The zero-order chi connectivity index (χ0) is 13.1. The number of rotatable bonds is 3. The van der Waals surface area contributed by atoms with Gasteiger partial charge in [-0.3, -0.25) is 0 Å². The molecule has 0 bridgehead atoms. The average Bonchev–Trinajstić information content (AvgIpc) is 2.33. The molecule has 0 radical (unpaired) electrons. The molecule has 1 nitrogen and oxygen atoms in total. The van der Waals surface area contributed by atoms with Crippen molar-refractivity contribution in [1.82, 2.24) is 0 Å². The van der Waals surface area contributed by atoms with Crippen LogP contribution < -0.4 is 4.74 Å². The third kappa shape index (κ3) is 3.03. The van der Waals surface area contributed by atoms with E-state index in [1.165, 1.54) is 6.07 Å². The SMILES string of the molecule is Cc1ccc(OCc2cccc(Cl)c2F)c(Br)c1. The Morgan fingerprint density at radius 2 is 2.06 bits per heavy atom. The number of benzene rings is 2. The van der Waals surface area contributed by atoms with Gasteiger partial charge in [0.25, 0.3) is 0 Å². The van der Waals surface area contributed by atoms with E-state index in [0.717, 1.165) is 10.0 Å². The Morgan fingerprint density at radius 3 is 2.78 bits per heavy atom. The summed E-state index contributed by atoms with van der Waals surface area (Å²) < 4.78 is 20.1. The van der Waals surface area contributed by atoms with Crippen LogP contribution in [0.4, 0.5) is 4.39 Å². The molecular weight excluding hydrogens is 319 g/mol. The fourth-order valence-corrected chi connectivity index (χ4v) is 2.34. The van der Waals surface area contributed by atoms with Crippen molar-refractivity contribution in [2.75, 3.05) is 0 Å². The molecule has 2 aromatic carbocycles. The van der Waals surface area contributed by atoms with Crippen LogP contribution in [0.3, 0.4) is 0 Å². The summed E-state index contributed by atoms with van der Waals surface area (Å²) in [4.78, 5) is 0. The van der Waals surface area contributed by atoms with E-state index in [1.54, 1.807) is 12.1 Å². The summed E-state index contributed by atoms with van der Waals surface area (Å²) in [7, 11) is 0. The Labute approximate surface area is 119 Å². The average molecular weight is 330 g/mol. The molecule has 0 N–H and O–H groups in total. The third-order valence-corrected chi connectivity index (χ3v) is 3.41. The largest absolute Gasteiger partial charge is 0.488 e. The second-order valence-electron chi connectivity index (χ2n) is 3.94. The van der Waals surface area contributed by atoms with Gasteiger partial charge in [0, 0.05) is 5.56 Å². The second kappa shape index (κ2) is 5.72. The first kappa shape index (κ1) is 13.4. The lowest BCUT2D eigenvalue weighted by Gasteiger charge is -2.10. The summed E-state index contributed by atoms with van der Waals surface area (Å²) in [6.07, 6.45) is 0. The van der Waals surface area contributed by atoms with E-state index in [2.05, 4.69) is 15.9 Å². The van der Waals surface area contributed by atoms with Crippen LogP contribution in [0.25, 0.3) is 0 Å². The highest BCUT2D eigenvalue weighted by atomic mass is 79.9. The van der Waals surface area contributed by atoms with Crippen molar-refractivity contribution in [2.45, 2.75) is 13.5 Å². The van der Waals surface area contributed by atoms with Crippen molar-refractivity contribution in [1.29, 1.82) is 0 Å². The van der Waals surface area contributed by atoms with Gasteiger partial charge in [-0.2, -0.15) is 0 Å². The molecule has 0 aliphatic rings. The predicted molar refractivity (Wildman–Crippen MR) is 74.6 cm³/mol. The first-order valence-corrected chi connectivity index (χ1v) is 6.57. The molecule has 4 heteroatoms. The summed E-state index contributed by atoms with van der Waals surface area (Å²) in [6, 6.07) is 10.6. The maximum atomic E-state index is 13.6. The number of ether oxygens (including phenoxy) is 1. The third-order valence-electron chi connectivity index (χ3n) is 2.50. The number of hydrogen-bond donors (Lipinski definition) is 0. The molecule has 94 valence electrons. The van der Waals surface area contributed by atoms with Gasteiger partial charge >= 0.3 is 0 Å². The van der Waals surface area contributed by atoms with Gasteiger partial charge in [0.05, 0.1) is 9.50 Å². The van der Waals surface area contributed by atoms with E-state index >= 15 is 0 Å². The van der Waals surface area contributed by atoms with Crippen LogP contribution in [0.5, 0.6) is 5.75 Å². The molecule has 0 aliphatic heterocycles. The van der Waals surface area contributed by atoms with Crippen molar-refractivity contribution in [3.8, 4) is 5.75 Å². The summed E-state index contributed by atoms with van der Waals surface area (Å²) >= 11 is 9.12. The molecule has 0 heterocycles. The maximum absolute atomic E-state index is 13.6. The molecule has 0 fully saturated rings. The summed E-state index contributed by atoms with van der Waals surface area (Å²) in [5.74, 6) is 0.252. The van der Waals surface area contributed by atoms with E-state index in [4.69, 9.17) is 16.3 Å². The van der Waals surface area contributed by atoms with Gasteiger partial charge in [-0.15, -0.1) is 0 Å². The predicted octanol–water partition coefficient (Wildman–Crippen LogP) is 5.13. The van der Waals surface area contributed by atoms with Crippen molar-refractivity contribution in [3.63, 3.8) is 0 Å². The van der Waals surface area contributed by atoms with Gasteiger partial charge in [-0.05, 0) is 46.6 Å². The van der Waals surface area contributed by atoms with Crippen LogP contribution in [0.1, 0.15) is 11.1 Å². The normalized spacial score (nSPS) is 10.4. The van der Waals surface area contributed by atoms with Gasteiger partial charge in [0.2, 0.25) is 0 Å². The zero-order valence-corrected chi connectivity index (χ0v) is 12.1. The van der Waals surface area contributed by atoms with Crippen molar-refractivity contribution < 1.29 is 9.13 Å². The van der Waals surface area contributed by atoms with Gasteiger partial charge in [-0.25, -0.2) is 4.39 Å². The second-order valence-corrected chi connectivity index (χ2v) is 5.20. The van der Waals surface area contributed by atoms with Crippen LogP contribution in [0.2, 0.25) is 5.02 Å². The van der Waals surface area contributed by atoms with Crippen molar-refractivity contribution >= 4 is 27.5 Å². The number of aryl methyl sites for hydroxylation is 1. The first-order chi connectivity index (χ1) is 8.58. The van der Waals surface area contributed by atoms with Gasteiger partial charge in [0.15, 0.2) is 0 Å². The number of hydrogen-bond acceptors (Lipinski definition) is 1. The molecule has 2 aromatic rings. The molecule has 0 aliphatic carbocycles. The van der Waals surface area contributed by atoms with E-state index in [0.29, 0.717) is 11.3 Å². The lowest BCUT2D eigenvalue weighted by atomic mass is 10.2. The molecule has 0 saturated heterocycles.